The van der Waals surface area contributed by atoms with Gasteiger partial charge in [0, 0.05) is 25.2 Å². The van der Waals surface area contributed by atoms with Crippen LogP contribution in [0.1, 0.15) is 24.4 Å². The monoisotopic (exact) mass is 372 g/mol. The molecule has 3 N–H and O–H groups in total. The maximum absolute atomic E-state index is 14.2. The molecular formula is C16H25FN4O3S. The molecule has 7 nitrogen and oxygen atoms in total. The highest BCUT2D eigenvalue weighted by atomic mass is 32.2. The molecule has 1 heterocycles. The van der Waals surface area contributed by atoms with Gasteiger partial charge in [-0.25, -0.2) is 22.3 Å². The van der Waals surface area contributed by atoms with E-state index in [-0.39, 0.29) is 31.5 Å². The van der Waals surface area contributed by atoms with Crippen LogP contribution in [0, 0.1) is 5.82 Å². The van der Waals surface area contributed by atoms with E-state index in [1.165, 1.54) is 6.07 Å². The Balaban J connectivity index is 1.87. The number of hydrogen-bond donors (Lipinski definition) is 3. The summed E-state index contributed by atoms with van der Waals surface area (Å²) in [6, 6.07) is 5.98. The van der Waals surface area contributed by atoms with E-state index >= 15 is 0 Å². The number of hydrogen-bond acceptors (Lipinski definition) is 4. The number of carbonyl (C=O) groups excluding carboxylic acids is 1. The number of nitrogens with one attached hydrogen (secondary N) is 3. The predicted molar refractivity (Wildman–Crippen MR) is 94.2 cm³/mol. The molecule has 0 saturated carbocycles. The second kappa shape index (κ2) is 9.12. The number of nitrogens with zero attached hydrogens (tertiary/aromatic N) is 1. The van der Waals surface area contributed by atoms with E-state index in [0.717, 1.165) is 32.2 Å². The molecule has 1 aliphatic heterocycles. The molecule has 1 atom stereocenters. The Hall–Kier alpha value is -1.71. The SMILES string of the molecule is CS(=O)(=O)NCCNC(=O)NCC(c1ccccc1F)N1CCCC1. The summed E-state index contributed by atoms with van der Waals surface area (Å²) in [4.78, 5) is 14.1. The van der Waals surface area contributed by atoms with E-state index in [2.05, 4.69) is 20.3 Å². The van der Waals surface area contributed by atoms with Gasteiger partial charge in [0.2, 0.25) is 10.0 Å². The molecule has 1 unspecified atom stereocenters. The van der Waals surface area contributed by atoms with Gasteiger partial charge in [-0.2, -0.15) is 0 Å². The number of benzene rings is 1. The largest absolute Gasteiger partial charge is 0.337 e. The van der Waals surface area contributed by atoms with Crippen LogP contribution in [0.15, 0.2) is 24.3 Å². The van der Waals surface area contributed by atoms with Crippen molar-refractivity contribution < 1.29 is 17.6 Å². The number of likely N-dealkylation sites (tertiary alicyclic amines) is 1. The van der Waals surface area contributed by atoms with Gasteiger partial charge in [-0.05, 0) is 32.0 Å². The topological polar surface area (TPSA) is 90.5 Å². The van der Waals surface area contributed by atoms with Crippen LogP contribution < -0.4 is 15.4 Å². The highest BCUT2D eigenvalue weighted by molar-refractivity contribution is 7.88. The van der Waals surface area contributed by atoms with Crippen molar-refractivity contribution in [3.8, 4) is 0 Å². The average molecular weight is 372 g/mol. The van der Waals surface area contributed by atoms with Crippen molar-refractivity contribution in [1.29, 1.82) is 0 Å². The van der Waals surface area contributed by atoms with Gasteiger partial charge in [-0.15, -0.1) is 0 Å². The summed E-state index contributed by atoms with van der Waals surface area (Å²) in [5.74, 6) is -0.279. The standard InChI is InChI=1S/C16H25FN4O3S/c1-25(23,24)20-9-8-18-16(22)19-12-15(21-10-4-5-11-21)13-6-2-3-7-14(13)17/h2-3,6-7,15,20H,4-5,8-12H2,1H3,(H2,18,19,22). The van der Waals surface area contributed by atoms with Crippen molar-refractivity contribution in [3.63, 3.8) is 0 Å². The summed E-state index contributed by atoms with van der Waals surface area (Å²) in [6.45, 7) is 2.33. The van der Waals surface area contributed by atoms with E-state index < -0.39 is 16.1 Å². The van der Waals surface area contributed by atoms with Gasteiger partial charge in [0.1, 0.15) is 5.82 Å². The van der Waals surface area contributed by atoms with E-state index in [4.69, 9.17) is 0 Å². The third-order valence-electron chi connectivity index (χ3n) is 4.08. The highest BCUT2D eigenvalue weighted by Crippen LogP contribution is 2.26. The summed E-state index contributed by atoms with van der Waals surface area (Å²) in [6.07, 6.45) is 3.19. The highest BCUT2D eigenvalue weighted by Gasteiger charge is 2.25. The van der Waals surface area contributed by atoms with Gasteiger partial charge < -0.3 is 10.6 Å². The first-order chi connectivity index (χ1) is 11.9. The fraction of sp³-hybridized carbons (Fsp3) is 0.562. The zero-order chi connectivity index (χ0) is 18.3. The lowest BCUT2D eigenvalue weighted by atomic mass is 10.0. The molecule has 25 heavy (non-hydrogen) atoms. The summed E-state index contributed by atoms with van der Waals surface area (Å²) in [5.41, 5.74) is 0.573. The van der Waals surface area contributed by atoms with Gasteiger partial charge in [-0.3, -0.25) is 4.90 Å². The first kappa shape index (κ1) is 19.6. The van der Waals surface area contributed by atoms with Gasteiger partial charge in [0.15, 0.2) is 0 Å². The van der Waals surface area contributed by atoms with Crippen molar-refractivity contribution in [2.45, 2.75) is 18.9 Å². The molecule has 1 aliphatic rings. The van der Waals surface area contributed by atoms with Crippen LogP contribution >= 0.6 is 0 Å². The first-order valence-corrected chi connectivity index (χ1v) is 10.2. The molecule has 0 radical (unpaired) electrons. The molecule has 1 fully saturated rings. The molecule has 2 rings (SSSR count). The molecule has 1 aromatic carbocycles. The molecule has 1 saturated heterocycles. The number of urea groups is 1. The number of sulfonamides is 1. The van der Waals surface area contributed by atoms with Gasteiger partial charge in [0.05, 0.1) is 12.3 Å². The summed E-state index contributed by atoms with van der Waals surface area (Å²) in [7, 11) is -3.27. The molecular weight excluding hydrogens is 347 g/mol. The van der Waals surface area contributed by atoms with Gasteiger partial charge in [-0.1, -0.05) is 18.2 Å². The van der Waals surface area contributed by atoms with Crippen molar-refractivity contribution in [2.24, 2.45) is 0 Å². The van der Waals surface area contributed by atoms with Crippen LogP contribution in [0.4, 0.5) is 9.18 Å². The number of carbonyl (C=O) groups is 1. The molecule has 0 aromatic heterocycles. The van der Waals surface area contributed by atoms with Crippen LogP contribution in [0.2, 0.25) is 0 Å². The Kier molecular flexibility index (Phi) is 7.15. The second-order valence-electron chi connectivity index (χ2n) is 6.08. The minimum atomic E-state index is -3.27. The smallest absolute Gasteiger partial charge is 0.314 e. The first-order valence-electron chi connectivity index (χ1n) is 8.31. The third-order valence-corrected chi connectivity index (χ3v) is 4.80. The van der Waals surface area contributed by atoms with Crippen LogP contribution in [0.5, 0.6) is 0 Å². The lowest BCUT2D eigenvalue weighted by Gasteiger charge is -2.28. The Morgan fingerprint density at radius 1 is 1.20 bits per heavy atom. The molecule has 140 valence electrons. The number of rotatable bonds is 8. The quantitative estimate of drug-likeness (QED) is 0.589. The minimum absolute atomic E-state index is 0.120. The van der Waals surface area contributed by atoms with E-state index in [0.29, 0.717) is 5.56 Å². The van der Waals surface area contributed by atoms with Gasteiger partial charge in [0.25, 0.3) is 0 Å². The van der Waals surface area contributed by atoms with Gasteiger partial charge >= 0.3 is 6.03 Å². The minimum Gasteiger partial charge on any atom is -0.337 e. The van der Waals surface area contributed by atoms with Crippen LogP contribution in [0.25, 0.3) is 0 Å². The van der Waals surface area contributed by atoms with E-state index in [1.54, 1.807) is 18.2 Å². The maximum atomic E-state index is 14.2. The van der Waals surface area contributed by atoms with Crippen molar-refractivity contribution in [2.75, 3.05) is 39.0 Å². The zero-order valence-corrected chi connectivity index (χ0v) is 15.1. The van der Waals surface area contributed by atoms with Crippen molar-refractivity contribution in [3.05, 3.63) is 35.6 Å². The molecule has 0 aliphatic carbocycles. The summed E-state index contributed by atoms with van der Waals surface area (Å²) < 4.78 is 38.3. The Labute approximate surface area is 148 Å². The summed E-state index contributed by atoms with van der Waals surface area (Å²) >= 11 is 0. The van der Waals surface area contributed by atoms with Crippen LogP contribution in [0.3, 0.4) is 0 Å². The van der Waals surface area contributed by atoms with E-state index in [1.807, 2.05) is 0 Å². The van der Waals surface area contributed by atoms with Crippen molar-refractivity contribution in [1.82, 2.24) is 20.3 Å². The third kappa shape index (κ3) is 6.60. The Morgan fingerprint density at radius 2 is 1.88 bits per heavy atom. The molecule has 1 aromatic rings. The lowest BCUT2D eigenvalue weighted by Crippen LogP contribution is -2.43. The molecule has 0 bridgehead atoms. The van der Waals surface area contributed by atoms with Crippen molar-refractivity contribution >= 4 is 16.1 Å². The normalized spacial score (nSPS) is 16.6. The average Bonchev–Trinajstić information content (AvgIpc) is 3.07. The second-order valence-corrected chi connectivity index (χ2v) is 7.92. The maximum Gasteiger partial charge on any atom is 0.314 e. The molecule has 0 spiro atoms. The lowest BCUT2D eigenvalue weighted by molar-refractivity contribution is 0.218. The Bertz CT molecular complexity index is 678. The van der Waals surface area contributed by atoms with E-state index in [9.17, 15) is 17.6 Å². The fourth-order valence-corrected chi connectivity index (χ4v) is 3.37. The number of halogens is 1. The molecule has 9 heteroatoms. The zero-order valence-electron chi connectivity index (χ0n) is 14.3. The Morgan fingerprint density at radius 3 is 2.52 bits per heavy atom. The van der Waals surface area contributed by atoms with Crippen LogP contribution in [-0.2, 0) is 10.0 Å². The molecule has 2 amide bonds. The summed E-state index contributed by atoms with van der Waals surface area (Å²) in [5, 5.41) is 5.33. The predicted octanol–water partition coefficient (Wildman–Crippen LogP) is 0.811. The fourth-order valence-electron chi connectivity index (χ4n) is 2.90. The van der Waals surface area contributed by atoms with Crippen LogP contribution in [-0.4, -0.2) is 58.3 Å². The number of amides is 2.